The van der Waals surface area contributed by atoms with Crippen LogP contribution < -0.4 is 10.6 Å². The van der Waals surface area contributed by atoms with Gasteiger partial charge in [-0.3, -0.25) is 9.78 Å². The van der Waals surface area contributed by atoms with Crippen molar-refractivity contribution in [2.75, 3.05) is 17.2 Å². The van der Waals surface area contributed by atoms with Crippen LogP contribution in [0.15, 0.2) is 54.7 Å². The van der Waals surface area contributed by atoms with Crippen molar-refractivity contribution in [1.29, 1.82) is 0 Å². The van der Waals surface area contributed by atoms with Crippen LogP contribution in [0.1, 0.15) is 0 Å². The van der Waals surface area contributed by atoms with Gasteiger partial charge in [-0.15, -0.1) is 0 Å². The molecule has 0 atom stereocenters. The summed E-state index contributed by atoms with van der Waals surface area (Å²) in [5.41, 5.74) is 1.77. The molecule has 8 heteroatoms. The van der Waals surface area contributed by atoms with E-state index in [-0.39, 0.29) is 18.3 Å². The number of aromatic nitrogens is 3. The molecule has 0 aliphatic heterocycles. The topological polar surface area (TPSA) is 100 Å². The fraction of sp³-hybridized carbons (Fsp3) is 0.0588. The van der Waals surface area contributed by atoms with E-state index in [4.69, 9.17) is 5.11 Å². The van der Waals surface area contributed by atoms with Crippen molar-refractivity contribution in [1.82, 2.24) is 15.0 Å². The molecular weight excluding hydrogens is 325 g/mol. The molecule has 0 saturated carbocycles. The van der Waals surface area contributed by atoms with E-state index in [0.29, 0.717) is 22.9 Å². The molecule has 3 aromatic rings. The summed E-state index contributed by atoms with van der Waals surface area (Å²) >= 11 is 0. The van der Waals surface area contributed by atoms with Crippen molar-refractivity contribution in [2.24, 2.45) is 0 Å². The van der Waals surface area contributed by atoms with Gasteiger partial charge < -0.3 is 15.7 Å². The third-order valence-electron chi connectivity index (χ3n) is 3.17. The van der Waals surface area contributed by atoms with Gasteiger partial charge in [-0.25, -0.2) is 9.37 Å². The minimum absolute atomic E-state index is 0.148. The Hall–Kier alpha value is -3.55. The van der Waals surface area contributed by atoms with Crippen LogP contribution in [0.5, 0.6) is 0 Å². The third-order valence-corrected chi connectivity index (χ3v) is 3.17. The molecule has 7 nitrogen and oxygen atoms in total. The molecule has 3 N–H and O–H groups in total. The summed E-state index contributed by atoms with van der Waals surface area (Å²) in [5, 5.41) is 14.5. The highest BCUT2D eigenvalue weighted by Gasteiger charge is 2.09. The van der Waals surface area contributed by atoms with E-state index in [1.165, 1.54) is 12.1 Å². The number of carboxylic acid groups (broad SMARTS) is 1. The molecule has 0 fully saturated rings. The molecule has 25 heavy (non-hydrogen) atoms. The minimum atomic E-state index is -1.03. The number of hydrogen-bond donors (Lipinski definition) is 3. The molecule has 1 aromatic carbocycles. The normalized spacial score (nSPS) is 10.3. The first-order chi connectivity index (χ1) is 12.1. The van der Waals surface area contributed by atoms with Crippen LogP contribution in [0, 0.1) is 5.82 Å². The fourth-order valence-corrected chi connectivity index (χ4v) is 2.07. The Balaban J connectivity index is 1.93. The summed E-state index contributed by atoms with van der Waals surface area (Å²) < 4.78 is 13.0. The van der Waals surface area contributed by atoms with Gasteiger partial charge in [-0.05, 0) is 36.4 Å². The molecule has 0 bridgehead atoms. The zero-order chi connectivity index (χ0) is 17.6. The largest absolute Gasteiger partial charge is 0.480 e. The van der Waals surface area contributed by atoms with Gasteiger partial charge >= 0.3 is 5.97 Å². The standard InChI is InChI=1S/C17H14FN5O2/c18-11-4-6-12(7-5-11)21-15-9-14(13-3-1-2-8-19-13)22-17(23-15)20-10-16(24)25/h1-9H,10H2,(H,24,25)(H2,20,21,22,23). The Morgan fingerprint density at radius 1 is 1.08 bits per heavy atom. The lowest BCUT2D eigenvalue weighted by atomic mass is 10.2. The van der Waals surface area contributed by atoms with Gasteiger partial charge in [0.05, 0.1) is 11.4 Å². The molecule has 0 aliphatic carbocycles. The number of carboxylic acids is 1. The highest BCUT2D eigenvalue weighted by molar-refractivity contribution is 5.72. The Labute approximate surface area is 142 Å². The maximum Gasteiger partial charge on any atom is 0.322 e. The summed E-state index contributed by atoms with van der Waals surface area (Å²) in [4.78, 5) is 23.5. The highest BCUT2D eigenvalue weighted by Crippen LogP contribution is 2.22. The first-order valence-electron chi connectivity index (χ1n) is 7.39. The lowest BCUT2D eigenvalue weighted by molar-refractivity contribution is -0.134. The van der Waals surface area contributed by atoms with Crippen LogP contribution in [0.3, 0.4) is 0 Å². The van der Waals surface area contributed by atoms with Crippen LogP contribution in [0.2, 0.25) is 0 Å². The molecule has 0 radical (unpaired) electrons. The Morgan fingerprint density at radius 2 is 1.88 bits per heavy atom. The average Bonchev–Trinajstić information content (AvgIpc) is 2.62. The Morgan fingerprint density at radius 3 is 2.56 bits per heavy atom. The number of benzene rings is 1. The van der Waals surface area contributed by atoms with Gasteiger partial charge in [0.25, 0.3) is 0 Å². The third kappa shape index (κ3) is 4.47. The van der Waals surface area contributed by atoms with E-state index in [2.05, 4.69) is 25.6 Å². The van der Waals surface area contributed by atoms with Crippen LogP contribution in [-0.2, 0) is 4.79 Å². The SMILES string of the molecule is O=C(O)CNc1nc(Nc2ccc(F)cc2)cc(-c2ccccn2)n1. The number of halogens is 1. The first kappa shape index (κ1) is 16.3. The molecule has 0 amide bonds. The number of nitrogens with one attached hydrogen (secondary N) is 2. The summed E-state index contributed by atoms with van der Waals surface area (Å²) in [6, 6.07) is 12.9. The molecule has 0 spiro atoms. The minimum Gasteiger partial charge on any atom is -0.480 e. The molecule has 2 heterocycles. The van der Waals surface area contributed by atoms with Crippen molar-refractivity contribution in [3.05, 3.63) is 60.5 Å². The van der Waals surface area contributed by atoms with E-state index in [0.717, 1.165) is 0 Å². The van der Waals surface area contributed by atoms with Gasteiger partial charge in [0.1, 0.15) is 18.2 Å². The molecule has 2 aromatic heterocycles. The number of carbonyl (C=O) groups is 1. The van der Waals surface area contributed by atoms with Crippen molar-refractivity contribution in [2.45, 2.75) is 0 Å². The molecular formula is C17H14FN5O2. The second-order valence-electron chi connectivity index (χ2n) is 5.06. The zero-order valence-corrected chi connectivity index (χ0v) is 13.0. The first-order valence-corrected chi connectivity index (χ1v) is 7.39. The van der Waals surface area contributed by atoms with Crippen molar-refractivity contribution in [3.63, 3.8) is 0 Å². The van der Waals surface area contributed by atoms with Crippen LogP contribution in [0.4, 0.5) is 21.8 Å². The molecule has 3 rings (SSSR count). The smallest absolute Gasteiger partial charge is 0.322 e. The fourth-order valence-electron chi connectivity index (χ4n) is 2.07. The number of nitrogens with zero attached hydrogens (tertiary/aromatic N) is 3. The molecule has 0 unspecified atom stereocenters. The molecule has 0 saturated heterocycles. The van der Waals surface area contributed by atoms with Gasteiger partial charge in [0.2, 0.25) is 5.95 Å². The number of hydrogen-bond acceptors (Lipinski definition) is 6. The van der Waals surface area contributed by atoms with E-state index < -0.39 is 5.97 Å². The molecule has 126 valence electrons. The van der Waals surface area contributed by atoms with Crippen LogP contribution in [-0.4, -0.2) is 32.6 Å². The lowest BCUT2D eigenvalue weighted by Gasteiger charge is -2.10. The van der Waals surface area contributed by atoms with E-state index in [1.54, 1.807) is 36.5 Å². The van der Waals surface area contributed by atoms with Crippen molar-refractivity contribution < 1.29 is 14.3 Å². The van der Waals surface area contributed by atoms with Crippen LogP contribution >= 0.6 is 0 Å². The van der Waals surface area contributed by atoms with Crippen LogP contribution in [0.25, 0.3) is 11.4 Å². The van der Waals surface area contributed by atoms with E-state index in [9.17, 15) is 9.18 Å². The number of anilines is 3. The Kier molecular flexibility index (Phi) is 4.79. The lowest BCUT2D eigenvalue weighted by Crippen LogP contribution is -2.15. The maximum atomic E-state index is 13.0. The maximum absolute atomic E-state index is 13.0. The number of pyridine rings is 1. The molecule has 0 aliphatic rings. The Bertz CT molecular complexity index is 872. The average molecular weight is 339 g/mol. The van der Waals surface area contributed by atoms with Crippen molar-refractivity contribution >= 4 is 23.4 Å². The quantitative estimate of drug-likeness (QED) is 0.635. The van der Waals surface area contributed by atoms with Gasteiger partial charge in [-0.2, -0.15) is 4.98 Å². The van der Waals surface area contributed by atoms with Gasteiger partial charge in [0.15, 0.2) is 0 Å². The summed E-state index contributed by atoms with van der Waals surface area (Å²) in [6.45, 7) is -0.318. The second kappa shape index (κ2) is 7.35. The predicted molar refractivity (Wildman–Crippen MR) is 91.1 cm³/mol. The summed E-state index contributed by atoms with van der Waals surface area (Å²) in [6.07, 6.45) is 1.63. The zero-order valence-electron chi connectivity index (χ0n) is 13.0. The second-order valence-corrected chi connectivity index (χ2v) is 5.06. The summed E-state index contributed by atoms with van der Waals surface area (Å²) in [5.74, 6) is -0.795. The monoisotopic (exact) mass is 339 g/mol. The van der Waals surface area contributed by atoms with Gasteiger partial charge in [0, 0.05) is 18.0 Å². The number of aliphatic carboxylic acids is 1. The predicted octanol–water partition coefficient (Wildman–Crippen LogP) is 2.92. The van der Waals surface area contributed by atoms with E-state index >= 15 is 0 Å². The van der Waals surface area contributed by atoms with E-state index in [1.807, 2.05) is 6.07 Å². The number of rotatable bonds is 6. The van der Waals surface area contributed by atoms with Gasteiger partial charge in [-0.1, -0.05) is 6.07 Å². The summed E-state index contributed by atoms with van der Waals surface area (Å²) in [7, 11) is 0. The highest BCUT2D eigenvalue weighted by atomic mass is 19.1. The van der Waals surface area contributed by atoms with Crippen molar-refractivity contribution in [3.8, 4) is 11.4 Å².